The van der Waals surface area contributed by atoms with E-state index in [1.165, 1.54) is 32.3 Å². The fourth-order valence-corrected chi connectivity index (χ4v) is 5.74. The van der Waals surface area contributed by atoms with Crippen LogP contribution in [0.15, 0.2) is 146 Å². The van der Waals surface area contributed by atoms with Crippen LogP contribution in [-0.4, -0.2) is 9.97 Å². The van der Waals surface area contributed by atoms with Gasteiger partial charge in [0, 0.05) is 40.8 Å². The fraction of sp³-hybridized carbons (Fsp3) is 0. The number of benzene rings is 6. The van der Waals surface area contributed by atoms with Crippen LogP contribution in [0.2, 0.25) is 0 Å². The molecule has 0 saturated carbocycles. The first kappa shape index (κ1) is 22.6. The van der Waals surface area contributed by atoms with Crippen LogP contribution in [0.25, 0.3) is 71.6 Å². The minimum Gasteiger partial charge on any atom is -0.228 e. The minimum atomic E-state index is 0.730. The van der Waals surface area contributed by atoms with Crippen molar-refractivity contribution in [1.29, 1.82) is 0 Å². The summed E-state index contributed by atoms with van der Waals surface area (Å²) in [4.78, 5) is 10.2. The highest BCUT2D eigenvalue weighted by molar-refractivity contribution is 6.17. The molecular weight excluding hydrogens is 486 g/mol. The zero-order valence-electron chi connectivity index (χ0n) is 21.7. The van der Waals surface area contributed by atoms with Gasteiger partial charge in [-0.15, -0.1) is 0 Å². The van der Waals surface area contributed by atoms with Crippen molar-refractivity contribution in [3.63, 3.8) is 0 Å². The number of rotatable bonds is 3. The number of hydrogen-bond acceptors (Lipinski definition) is 2. The van der Waals surface area contributed by atoms with Crippen LogP contribution in [0.4, 0.5) is 0 Å². The Hall–Kier alpha value is -5.41. The Balaban J connectivity index is 1.30. The second kappa shape index (κ2) is 9.11. The third-order valence-corrected chi connectivity index (χ3v) is 7.76. The van der Waals surface area contributed by atoms with E-state index in [0.29, 0.717) is 0 Å². The van der Waals surface area contributed by atoms with Crippen LogP contribution in [0, 0.1) is 0 Å². The van der Waals surface area contributed by atoms with Gasteiger partial charge >= 0.3 is 0 Å². The molecule has 40 heavy (non-hydrogen) atoms. The van der Waals surface area contributed by atoms with Gasteiger partial charge < -0.3 is 0 Å². The SMILES string of the molecule is c1ccc(-[n+]2ccc(-c3nc(-c4ccc5ccc6c7ccccc7ccc6c5c4)nc4ccccc34)cc2)cc1. The molecule has 8 aromatic rings. The molecule has 0 atom stereocenters. The van der Waals surface area contributed by atoms with Crippen LogP contribution in [-0.2, 0) is 0 Å². The maximum absolute atomic E-state index is 5.16. The predicted octanol–water partition coefficient (Wildman–Crippen LogP) is 8.70. The van der Waals surface area contributed by atoms with Gasteiger partial charge in [-0.2, -0.15) is 4.57 Å². The molecule has 186 valence electrons. The lowest BCUT2D eigenvalue weighted by atomic mass is 9.96. The Morgan fingerprint density at radius 3 is 1.90 bits per heavy atom. The third kappa shape index (κ3) is 3.71. The molecule has 8 rings (SSSR count). The molecule has 2 aromatic heterocycles. The molecule has 0 aliphatic heterocycles. The van der Waals surface area contributed by atoms with Crippen molar-refractivity contribution in [2.75, 3.05) is 0 Å². The summed E-state index contributed by atoms with van der Waals surface area (Å²) in [6.45, 7) is 0. The van der Waals surface area contributed by atoms with E-state index in [0.717, 1.165) is 39.2 Å². The van der Waals surface area contributed by atoms with E-state index < -0.39 is 0 Å². The molecule has 0 aliphatic rings. The lowest BCUT2D eigenvalue weighted by Gasteiger charge is -2.11. The number of para-hydroxylation sites is 2. The molecule has 3 nitrogen and oxygen atoms in total. The van der Waals surface area contributed by atoms with Crippen LogP contribution >= 0.6 is 0 Å². The Morgan fingerprint density at radius 2 is 1.07 bits per heavy atom. The summed E-state index contributed by atoms with van der Waals surface area (Å²) in [6.07, 6.45) is 4.18. The molecule has 0 fully saturated rings. The summed E-state index contributed by atoms with van der Waals surface area (Å²) in [7, 11) is 0. The maximum Gasteiger partial charge on any atom is 0.210 e. The smallest absolute Gasteiger partial charge is 0.210 e. The van der Waals surface area contributed by atoms with Gasteiger partial charge in [0.25, 0.3) is 0 Å². The van der Waals surface area contributed by atoms with E-state index >= 15 is 0 Å². The standard InChI is InChI=1S/C37H24N3/c1-2-9-29(10-3-1)40-22-20-27(21-23-40)36-33-12-6-7-13-35(33)38-37(39-36)28-15-14-26-17-18-31-30-11-5-4-8-25(30)16-19-32(31)34(26)24-28/h1-24H/q+1. The summed E-state index contributed by atoms with van der Waals surface area (Å²) in [5.41, 5.74) is 5.06. The van der Waals surface area contributed by atoms with Crippen LogP contribution in [0.5, 0.6) is 0 Å². The zero-order valence-corrected chi connectivity index (χ0v) is 21.7. The van der Waals surface area contributed by atoms with E-state index in [-0.39, 0.29) is 0 Å². The number of hydrogen-bond donors (Lipinski definition) is 0. The van der Waals surface area contributed by atoms with E-state index in [9.17, 15) is 0 Å². The number of fused-ring (bicyclic) bond motifs is 6. The van der Waals surface area contributed by atoms with Gasteiger partial charge in [-0.25, -0.2) is 9.97 Å². The maximum atomic E-state index is 5.16. The van der Waals surface area contributed by atoms with Gasteiger partial charge in [0.2, 0.25) is 5.69 Å². The van der Waals surface area contributed by atoms with Crippen molar-refractivity contribution < 1.29 is 4.57 Å². The zero-order chi connectivity index (χ0) is 26.5. The van der Waals surface area contributed by atoms with Gasteiger partial charge in [0.1, 0.15) is 0 Å². The molecule has 0 radical (unpaired) electrons. The van der Waals surface area contributed by atoms with Crippen molar-refractivity contribution in [3.05, 3.63) is 146 Å². The van der Waals surface area contributed by atoms with Gasteiger partial charge in [-0.3, -0.25) is 0 Å². The molecule has 0 aliphatic carbocycles. The summed E-state index contributed by atoms with van der Waals surface area (Å²) >= 11 is 0. The molecule has 0 saturated heterocycles. The fourth-order valence-electron chi connectivity index (χ4n) is 5.74. The number of aromatic nitrogens is 3. The van der Waals surface area contributed by atoms with Gasteiger partial charge in [0.15, 0.2) is 18.2 Å². The van der Waals surface area contributed by atoms with Gasteiger partial charge in [-0.1, -0.05) is 97.1 Å². The molecular formula is C37H24N3+. The second-order valence-electron chi connectivity index (χ2n) is 10.1. The Bertz CT molecular complexity index is 2200. The van der Waals surface area contributed by atoms with Crippen molar-refractivity contribution in [2.24, 2.45) is 0 Å². The molecule has 2 heterocycles. The van der Waals surface area contributed by atoms with E-state index in [4.69, 9.17) is 9.97 Å². The van der Waals surface area contributed by atoms with E-state index in [2.05, 4.69) is 138 Å². The highest BCUT2D eigenvalue weighted by Gasteiger charge is 2.14. The van der Waals surface area contributed by atoms with Crippen LogP contribution < -0.4 is 4.57 Å². The first-order chi connectivity index (χ1) is 19.8. The average Bonchev–Trinajstić information content (AvgIpc) is 3.04. The van der Waals surface area contributed by atoms with Crippen molar-refractivity contribution >= 4 is 43.2 Å². The van der Waals surface area contributed by atoms with E-state index in [1.807, 2.05) is 12.1 Å². The Kier molecular flexibility index (Phi) is 5.14. The first-order valence-corrected chi connectivity index (χ1v) is 13.5. The molecule has 0 bridgehead atoms. The largest absolute Gasteiger partial charge is 0.228 e. The minimum absolute atomic E-state index is 0.730. The topological polar surface area (TPSA) is 29.7 Å². The predicted molar refractivity (Wildman–Crippen MR) is 164 cm³/mol. The summed E-state index contributed by atoms with van der Waals surface area (Å²) in [5, 5.41) is 8.49. The van der Waals surface area contributed by atoms with E-state index in [1.54, 1.807) is 0 Å². The summed E-state index contributed by atoms with van der Waals surface area (Å²) in [5.74, 6) is 0.730. The van der Waals surface area contributed by atoms with Crippen molar-refractivity contribution in [2.45, 2.75) is 0 Å². The highest BCUT2D eigenvalue weighted by atomic mass is 14.9. The molecule has 0 unspecified atom stereocenters. The Morgan fingerprint density at radius 1 is 0.425 bits per heavy atom. The summed E-state index contributed by atoms with van der Waals surface area (Å²) < 4.78 is 2.12. The average molecular weight is 511 g/mol. The van der Waals surface area contributed by atoms with Gasteiger partial charge in [-0.05, 0) is 44.5 Å². The monoisotopic (exact) mass is 510 g/mol. The van der Waals surface area contributed by atoms with Crippen LogP contribution in [0.1, 0.15) is 0 Å². The Labute approximate surface area is 231 Å². The molecule has 0 N–H and O–H groups in total. The lowest BCUT2D eigenvalue weighted by molar-refractivity contribution is -0.595. The molecule has 6 aromatic carbocycles. The first-order valence-electron chi connectivity index (χ1n) is 13.5. The second-order valence-corrected chi connectivity index (χ2v) is 10.1. The number of pyridine rings is 1. The number of nitrogens with zero attached hydrogens (tertiary/aromatic N) is 3. The lowest BCUT2D eigenvalue weighted by Crippen LogP contribution is -2.28. The summed E-state index contributed by atoms with van der Waals surface area (Å²) in [6, 6.07) is 46.9. The molecule has 0 amide bonds. The van der Waals surface area contributed by atoms with Crippen LogP contribution in [0.3, 0.4) is 0 Å². The quantitative estimate of drug-likeness (QED) is 0.176. The van der Waals surface area contributed by atoms with Crippen molar-refractivity contribution in [1.82, 2.24) is 9.97 Å². The highest BCUT2D eigenvalue weighted by Crippen LogP contribution is 2.34. The molecule has 0 spiro atoms. The normalized spacial score (nSPS) is 11.5. The molecule has 3 heteroatoms. The van der Waals surface area contributed by atoms with Gasteiger partial charge in [0.05, 0.1) is 11.2 Å². The van der Waals surface area contributed by atoms with Crippen molar-refractivity contribution in [3.8, 4) is 28.3 Å². The third-order valence-electron chi connectivity index (χ3n) is 7.76.